The van der Waals surface area contributed by atoms with Gasteiger partial charge in [-0.1, -0.05) is 36.8 Å². The topological polar surface area (TPSA) is 63.2 Å². The lowest BCUT2D eigenvalue weighted by Crippen LogP contribution is -2.42. The van der Waals surface area contributed by atoms with Crippen LogP contribution >= 0.6 is 0 Å². The van der Waals surface area contributed by atoms with Gasteiger partial charge in [0.05, 0.1) is 5.69 Å². The number of aryl methyl sites for hydroxylation is 2. The third kappa shape index (κ3) is 4.64. The molecule has 2 aromatic rings. The van der Waals surface area contributed by atoms with Gasteiger partial charge in [-0.2, -0.15) is 0 Å². The summed E-state index contributed by atoms with van der Waals surface area (Å²) in [6, 6.07) is 8.37. The van der Waals surface area contributed by atoms with Gasteiger partial charge >= 0.3 is 0 Å². The second-order valence-corrected chi connectivity index (χ2v) is 8.02. The van der Waals surface area contributed by atoms with Crippen molar-refractivity contribution in [2.24, 2.45) is 5.92 Å². The summed E-state index contributed by atoms with van der Waals surface area (Å²) in [5, 5.41) is 0. The van der Waals surface area contributed by atoms with Crippen LogP contribution in [0.2, 0.25) is 0 Å². The minimum absolute atomic E-state index is 0.0579. The van der Waals surface area contributed by atoms with E-state index in [1.54, 1.807) is 6.92 Å². The maximum absolute atomic E-state index is 12.8. The normalized spacial score (nSPS) is 18.0. The molecule has 0 N–H and O–H groups in total. The standard InChI is InChI=1S/C23H29N3O2/c1-15-7-5-8-19(11-15)21-13-24-18(4)25-22(21)20-9-6-10-26(14-20)23(28)16(2)12-17(3)27/h5,7-8,11,13,16,20H,6,9-10,12,14H2,1-4H3/t16-,20+/m1/s1. The third-order valence-corrected chi connectivity index (χ3v) is 5.40. The Morgan fingerprint density at radius 3 is 2.79 bits per heavy atom. The highest BCUT2D eigenvalue weighted by atomic mass is 16.2. The number of likely N-dealkylation sites (tertiary alicyclic amines) is 1. The third-order valence-electron chi connectivity index (χ3n) is 5.40. The van der Waals surface area contributed by atoms with E-state index in [0.29, 0.717) is 13.0 Å². The first-order chi connectivity index (χ1) is 13.3. The molecule has 5 nitrogen and oxygen atoms in total. The van der Waals surface area contributed by atoms with Gasteiger partial charge in [0.15, 0.2) is 0 Å². The molecule has 3 rings (SSSR count). The Bertz CT molecular complexity index is 878. The van der Waals surface area contributed by atoms with Gasteiger partial charge in [0.25, 0.3) is 0 Å². The molecule has 2 atom stereocenters. The summed E-state index contributed by atoms with van der Waals surface area (Å²) in [6.45, 7) is 8.78. The van der Waals surface area contributed by atoms with E-state index in [-0.39, 0.29) is 23.5 Å². The Kier molecular flexibility index (Phi) is 6.22. The number of Topliss-reactive ketones (excluding diaryl/α,β-unsaturated/α-hetero) is 1. The van der Waals surface area contributed by atoms with E-state index in [0.717, 1.165) is 42.0 Å². The number of carbonyl (C=O) groups excluding carboxylic acids is 2. The van der Waals surface area contributed by atoms with Crippen molar-refractivity contribution < 1.29 is 9.59 Å². The van der Waals surface area contributed by atoms with E-state index in [9.17, 15) is 9.59 Å². The van der Waals surface area contributed by atoms with Crippen LogP contribution < -0.4 is 0 Å². The van der Waals surface area contributed by atoms with E-state index in [2.05, 4.69) is 36.2 Å². The predicted molar refractivity (Wildman–Crippen MR) is 110 cm³/mol. The van der Waals surface area contributed by atoms with E-state index in [1.165, 1.54) is 5.56 Å². The van der Waals surface area contributed by atoms with Gasteiger partial charge in [0.1, 0.15) is 11.6 Å². The number of rotatable bonds is 5. The van der Waals surface area contributed by atoms with Crippen molar-refractivity contribution in [2.75, 3.05) is 13.1 Å². The molecule has 148 valence electrons. The number of ketones is 1. The van der Waals surface area contributed by atoms with Crippen molar-refractivity contribution in [3.05, 3.63) is 47.5 Å². The summed E-state index contributed by atoms with van der Waals surface area (Å²) in [5.41, 5.74) is 4.38. The first kappa shape index (κ1) is 20.2. The highest BCUT2D eigenvalue weighted by molar-refractivity contribution is 5.85. The van der Waals surface area contributed by atoms with Gasteiger partial charge in [0, 0.05) is 43.1 Å². The number of aromatic nitrogens is 2. The van der Waals surface area contributed by atoms with Crippen molar-refractivity contribution in [1.82, 2.24) is 14.9 Å². The summed E-state index contributed by atoms with van der Waals surface area (Å²) in [7, 11) is 0. The average Bonchev–Trinajstić information content (AvgIpc) is 2.67. The second-order valence-electron chi connectivity index (χ2n) is 8.02. The summed E-state index contributed by atoms with van der Waals surface area (Å²) in [4.78, 5) is 35.4. The molecule has 1 aliphatic rings. The minimum Gasteiger partial charge on any atom is -0.342 e. The molecule has 0 unspecified atom stereocenters. The molecule has 28 heavy (non-hydrogen) atoms. The van der Waals surface area contributed by atoms with Gasteiger partial charge in [-0.05, 0) is 39.2 Å². The molecule has 1 aromatic heterocycles. The molecule has 0 bridgehead atoms. The van der Waals surface area contributed by atoms with E-state index < -0.39 is 0 Å². The Morgan fingerprint density at radius 1 is 1.29 bits per heavy atom. The fourth-order valence-electron chi connectivity index (χ4n) is 4.06. The van der Waals surface area contributed by atoms with Gasteiger partial charge < -0.3 is 9.69 Å². The van der Waals surface area contributed by atoms with E-state index >= 15 is 0 Å². The molecule has 1 amide bonds. The summed E-state index contributed by atoms with van der Waals surface area (Å²) in [6.07, 6.45) is 4.16. The van der Waals surface area contributed by atoms with Crippen LogP contribution in [0.4, 0.5) is 0 Å². The van der Waals surface area contributed by atoms with Crippen LogP contribution in [0.1, 0.15) is 56.1 Å². The summed E-state index contributed by atoms with van der Waals surface area (Å²) >= 11 is 0. The molecule has 0 spiro atoms. The van der Waals surface area contributed by atoms with Crippen molar-refractivity contribution >= 4 is 11.7 Å². The molecule has 5 heteroatoms. The summed E-state index contributed by atoms with van der Waals surface area (Å²) < 4.78 is 0. The molecule has 1 aliphatic heterocycles. The van der Waals surface area contributed by atoms with Crippen LogP contribution in [0.3, 0.4) is 0 Å². The van der Waals surface area contributed by atoms with Crippen molar-refractivity contribution in [3.8, 4) is 11.1 Å². The lowest BCUT2D eigenvalue weighted by molar-refractivity contribution is -0.138. The van der Waals surface area contributed by atoms with Crippen LogP contribution in [0.5, 0.6) is 0 Å². The molecule has 1 saturated heterocycles. The second kappa shape index (κ2) is 8.63. The first-order valence-electron chi connectivity index (χ1n) is 10.0. The maximum atomic E-state index is 12.8. The Morgan fingerprint density at radius 2 is 2.07 bits per heavy atom. The number of hydrogen-bond acceptors (Lipinski definition) is 4. The number of benzene rings is 1. The molecule has 0 saturated carbocycles. The van der Waals surface area contributed by atoms with E-state index in [1.807, 2.05) is 24.9 Å². The van der Waals surface area contributed by atoms with Crippen LogP contribution in [-0.2, 0) is 9.59 Å². The summed E-state index contributed by atoms with van der Waals surface area (Å²) in [5.74, 6) is 0.796. The number of nitrogens with zero attached hydrogens (tertiary/aromatic N) is 3. The molecule has 2 heterocycles. The molecule has 0 aliphatic carbocycles. The average molecular weight is 380 g/mol. The number of piperidine rings is 1. The molecule has 1 aromatic carbocycles. The fraction of sp³-hybridized carbons (Fsp3) is 0.478. The largest absolute Gasteiger partial charge is 0.342 e. The quantitative estimate of drug-likeness (QED) is 0.785. The van der Waals surface area contributed by atoms with E-state index in [4.69, 9.17) is 4.98 Å². The highest BCUT2D eigenvalue weighted by Gasteiger charge is 2.30. The van der Waals surface area contributed by atoms with Gasteiger partial charge in [-0.3, -0.25) is 4.79 Å². The monoisotopic (exact) mass is 379 g/mol. The first-order valence-corrected chi connectivity index (χ1v) is 10.0. The zero-order chi connectivity index (χ0) is 20.3. The molecular formula is C23H29N3O2. The zero-order valence-electron chi connectivity index (χ0n) is 17.2. The van der Waals surface area contributed by atoms with Gasteiger partial charge in [-0.15, -0.1) is 0 Å². The van der Waals surface area contributed by atoms with Gasteiger partial charge in [0.2, 0.25) is 5.91 Å². The van der Waals surface area contributed by atoms with Crippen LogP contribution in [-0.4, -0.2) is 39.6 Å². The SMILES string of the molecule is CC(=O)C[C@@H](C)C(=O)N1CCC[C@H](c2nc(C)ncc2-c2cccc(C)c2)C1. The van der Waals surface area contributed by atoms with Crippen LogP contribution in [0, 0.1) is 19.8 Å². The minimum atomic E-state index is -0.264. The lowest BCUT2D eigenvalue weighted by atomic mass is 9.89. The number of amides is 1. The Hall–Kier alpha value is -2.56. The maximum Gasteiger partial charge on any atom is 0.225 e. The van der Waals surface area contributed by atoms with Crippen LogP contribution in [0.25, 0.3) is 11.1 Å². The Balaban J connectivity index is 1.88. The van der Waals surface area contributed by atoms with Crippen molar-refractivity contribution in [2.45, 2.75) is 52.9 Å². The molecular weight excluding hydrogens is 350 g/mol. The predicted octanol–water partition coefficient (Wildman–Crippen LogP) is 4.08. The lowest BCUT2D eigenvalue weighted by Gasteiger charge is -2.34. The number of hydrogen-bond donors (Lipinski definition) is 0. The highest BCUT2D eigenvalue weighted by Crippen LogP contribution is 2.33. The van der Waals surface area contributed by atoms with Crippen LogP contribution in [0.15, 0.2) is 30.5 Å². The molecule has 0 radical (unpaired) electrons. The smallest absolute Gasteiger partial charge is 0.225 e. The Labute approximate surface area is 167 Å². The van der Waals surface area contributed by atoms with Gasteiger partial charge in [-0.25, -0.2) is 9.97 Å². The van der Waals surface area contributed by atoms with Crippen molar-refractivity contribution in [1.29, 1.82) is 0 Å². The van der Waals surface area contributed by atoms with Crippen molar-refractivity contribution in [3.63, 3.8) is 0 Å². The molecule has 1 fully saturated rings. The zero-order valence-corrected chi connectivity index (χ0v) is 17.2. The number of carbonyl (C=O) groups is 2. The fourth-order valence-corrected chi connectivity index (χ4v) is 4.06.